The van der Waals surface area contributed by atoms with E-state index in [0.717, 1.165) is 71.7 Å². The number of carbonyl (C=O) groups is 1. The zero-order valence-corrected chi connectivity index (χ0v) is 22.5. The van der Waals surface area contributed by atoms with Gasteiger partial charge in [-0.25, -0.2) is 4.39 Å². The summed E-state index contributed by atoms with van der Waals surface area (Å²) in [5.41, 5.74) is 11.3. The molecule has 0 bridgehead atoms. The molecule has 5 nitrogen and oxygen atoms in total. The predicted molar refractivity (Wildman–Crippen MR) is 149 cm³/mol. The molecule has 1 heterocycles. The molecule has 1 saturated heterocycles. The number of hydrogen-bond donors (Lipinski definition) is 1. The normalized spacial score (nSPS) is 20.9. The number of halogens is 1. The monoisotopic (exact) mass is 516 g/mol. The van der Waals surface area contributed by atoms with E-state index in [1.54, 1.807) is 19.2 Å². The van der Waals surface area contributed by atoms with Crippen LogP contribution in [0.2, 0.25) is 0 Å². The molecule has 3 aromatic carbocycles. The highest BCUT2D eigenvalue weighted by atomic mass is 19.1. The van der Waals surface area contributed by atoms with Gasteiger partial charge < -0.3 is 15.2 Å². The minimum atomic E-state index is -0.273. The number of benzene rings is 3. The lowest BCUT2D eigenvalue weighted by Crippen LogP contribution is -2.30. The van der Waals surface area contributed by atoms with Crippen LogP contribution in [0.5, 0.6) is 11.5 Å². The van der Waals surface area contributed by atoms with Gasteiger partial charge in [0.05, 0.1) is 19.3 Å². The highest BCUT2D eigenvalue weighted by molar-refractivity contribution is 5.97. The molecule has 1 aliphatic carbocycles. The summed E-state index contributed by atoms with van der Waals surface area (Å²) in [5.74, 6) is 2.34. The number of Topliss-reactive ketones (excluding diaryl/α,β-unsaturated/α-hetero) is 1. The van der Waals surface area contributed by atoms with Gasteiger partial charge in [-0.05, 0) is 98.5 Å². The van der Waals surface area contributed by atoms with Gasteiger partial charge in [0, 0.05) is 30.3 Å². The molecule has 1 saturated carbocycles. The highest BCUT2D eigenvalue weighted by Crippen LogP contribution is 2.46. The quantitative estimate of drug-likeness (QED) is 0.254. The number of hydrogen-bond acceptors (Lipinski definition) is 5. The van der Waals surface area contributed by atoms with E-state index in [0.29, 0.717) is 36.6 Å². The minimum absolute atomic E-state index is 0.197. The van der Waals surface area contributed by atoms with Crippen LogP contribution in [0.15, 0.2) is 54.6 Å². The molecule has 200 valence electrons. The summed E-state index contributed by atoms with van der Waals surface area (Å²) in [6.45, 7) is 6.27. The number of rotatable bonds is 9. The highest BCUT2D eigenvalue weighted by Gasteiger charge is 2.44. The van der Waals surface area contributed by atoms with Crippen LogP contribution in [0.25, 0.3) is 11.1 Å². The van der Waals surface area contributed by atoms with E-state index in [2.05, 4.69) is 17.0 Å². The van der Waals surface area contributed by atoms with E-state index in [1.165, 1.54) is 12.1 Å². The van der Waals surface area contributed by atoms with Crippen LogP contribution in [0.1, 0.15) is 54.1 Å². The number of nitrogen functional groups attached to an aromatic ring is 1. The van der Waals surface area contributed by atoms with Crippen LogP contribution >= 0.6 is 0 Å². The number of fused-ring (bicyclic) bond motifs is 1. The standard InChI is InChI=1S/C32H37FN2O3/c1-4-38-31-16-21(15-30(37-3)32(31)22-7-10-25(33)11-8-22)19-35-14-13-26-23(9-12-28(26)35)18-29(36)24-6-5-20(2)27(34)17-24/h5-8,10-11,15-17,23,26,28H,4,9,12-14,18-19,34H2,1-3H3/t23?,26-,28+/m0/s1. The van der Waals surface area contributed by atoms with Crippen molar-refractivity contribution in [3.05, 3.63) is 77.1 Å². The molecule has 0 aromatic heterocycles. The number of ketones is 1. The molecular weight excluding hydrogens is 479 g/mol. The molecule has 3 aromatic rings. The first-order valence-electron chi connectivity index (χ1n) is 13.6. The second-order valence-electron chi connectivity index (χ2n) is 10.6. The molecule has 0 radical (unpaired) electrons. The Morgan fingerprint density at radius 2 is 1.82 bits per heavy atom. The third-order valence-electron chi connectivity index (χ3n) is 8.36. The molecular formula is C32H37FN2O3. The first-order chi connectivity index (χ1) is 18.4. The Kier molecular flexibility index (Phi) is 7.70. The average Bonchev–Trinajstić information content (AvgIpc) is 3.49. The van der Waals surface area contributed by atoms with Crippen molar-refractivity contribution in [3.8, 4) is 22.6 Å². The van der Waals surface area contributed by atoms with Gasteiger partial charge in [0.15, 0.2) is 5.78 Å². The van der Waals surface area contributed by atoms with Crippen molar-refractivity contribution < 1.29 is 18.7 Å². The van der Waals surface area contributed by atoms with Gasteiger partial charge in [0.1, 0.15) is 17.3 Å². The molecule has 0 spiro atoms. The summed E-state index contributed by atoms with van der Waals surface area (Å²) < 4.78 is 25.4. The van der Waals surface area contributed by atoms with Crippen LogP contribution in [-0.2, 0) is 6.54 Å². The Labute approximate surface area is 224 Å². The van der Waals surface area contributed by atoms with Gasteiger partial charge in [0.2, 0.25) is 0 Å². The largest absolute Gasteiger partial charge is 0.496 e. The lowest BCUT2D eigenvalue weighted by molar-refractivity contribution is 0.0949. The number of carbonyl (C=O) groups excluding carboxylic acids is 1. The molecule has 38 heavy (non-hydrogen) atoms. The Balaban J connectivity index is 1.31. The fraction of sp³-hybridized carbons (Fsp3) is 0.406. The molecule has 1 aliphatic heterocycles. The Hall–Kier alpha value is -3.38. The number of nitrogens with zero attached hydrogens (tertiary/aromatic N) is 1. The maximum absolute atomic E-state index is 13.6. The van der Waals surface area contributed by atoms with Crippen LogP contribution in [0, 0.1) is 24.6 Å². The summed E-state index contributed by atoms with van der Waals surface area (Å²) in [7, 11) is 1.66. The van der Waals surface area contributed by atoms with Crippen LogP contribution in [0.3, 0.4) is 0 Å². The van der Waals surface area contributed by atoms with Gasteiger partial charge in [-0.3, -0.25) is 9.69 Å². The van der Waals surface area contributed by atoms with E-state index in [9.17, 15) is 9.18 Å². The van der Waals surface area contributed by atoms with Gasteiger partial charge in [0.25, 0.3) is 0 Å². The smallest absolute Gasteiger partial charge is 0.163 e. The maximum atomic E-state index is 13.6. The van der Waals surface area contributed by atoms with E-state index in [4.69, 9.17) is 15.2 Å². The van der Waals surface area contributed by atoms with Crippen molar-refractivity contribution in [1.29, 1.82) is 0 Å². The number of aryl methyl sites for hydroxylation is 1. The van der Waals surface area contributed by atoms with E-state index in [-0.39, 0.29) is 11.6 Å². The molecule has 1 unspecified atom stereocenters. The molecule has 2 aliphatic rings. The number of methoxy groups -OCH3 is 1. The summed E-state index contributed by atoms with van der Waals surface area (Å²) in [4.78, 5) is 15.6. The van der Waals surface area contributed by atoms with Gasteiger partial charge in [-0.2, -0.15) is 0 Å². The van der Waals surface area contributed by atoms with Crippen molar-refractivity contribution >= 4 is 11.5 Å². The predicted octanol–water partition coefficient (Wildman–Crippen LogP) is 6.66. The van der Waals surface area contributed by atoms with Crippen molar-refractivity contribution in [3.63, 3.8) is 0 Å². The zero-order valence-electron chi connectivity index (χ0n) is 22.5. The SMILES string of the molecule is CCOc1cc(CN2CC[C@H]3C(CC(=O)c4ccc(C)c(N)c4)CC[C@H]32)cc(OC)c1-c1ccc(F)cc1. The van der Waals surface area contributed by atoms with Crippen LogP contribution in [0.4, 0.5) is 10.1 Å². The third kappa shape index (κ3) is 5.28. The minimum Gasteiger partial charge on any atom is -0.496 e. The van der Waals surface area contributed by atoms with E-state index >= 15 is 0 Å². The fourth-order valence-electron chi connectivity index (χ4n) is 6.41. The van der Waals surface area contributed by atoms with Crippen molar-refractivity contribution in [2.75, 3.05) is 26.0 Å². The van der Waals surface area contributed by atoms with Crippen LogP contribution < -0.4 is 15.2 Å². The van der Waals surface area contributed by atoms with Crippen LogP contribution in [-0.4, -0.2) is 37.0 Å². The summed E-state index contributed by atoms with van der Waals surface area (Å²) in [6.07, 6.45) is 3.89. The van der Waals surface area contributed by atoms with Gasteiger partial charge >= 0.3 is 0 Å². The van der Waals surface area contributed by atoms with E-state index in [1.807, 2.05) is 32.0 Å². The second-order valence-corrected chi connectivity index (χ2v) is 10.6. The summed E-state index contributed by atoms with van der Waals surface area (Å²) in [6, 6.07) is 16.7. The first kappa shape index (κ1) is 26.2. The molecule has 3 atom stereocenters. The molecule has 6 heteroatoms. The topological polar surface area (TPSA) is 64.8 Å². The van der Waals surface area contributed by atoms with E-state index < -0.39 is 0 Å². The molecule has 2 fully saturated rings. The summed E-state index contributed by atoms with van der Waals surface area (Å²) >= 11 is 0. The number of anilines is 1. The zero-order chi connectivity index (χ0) is 26.8. The fourth-order valence-corrected chi connectivity index (χ4v) is 6.41. The maximum Gasteiger partial charge on any atom is 0.163 e. The van der Waals surface area contributed by atoms with Crippen molar-refractivity contribution in [2.45, 2.75) is 52.1 Å². The lowest BCUT2D eigenvalue weighted by Gasteiger charge is -2.25. The molecule has 5 rings (SSSR count). The first-order valence-corrected chi connectivity index (χ1v) is 13.6. The van der Waals surface area contributed by atoms with Crippen molar-refractivity contribution in [2.24, 2.45) is 11.8 Å². The Morgan fingerprint density at radius 3 is 2.53 bits per heavy atom. The number of nitrogens with two attached hydrogens (primary N) is 1. The average molecular weight is 517 g/mol. The third-order valence-corrected chi connectivity index (χ3v) is 8.36. The number of likely N-dealkylation sites (tertiary alicyclic amines) is 1. The van der Waals surface area contributed by atoms with Crippen molar-refractivity contribution in [1.82, 2.24) is 4.90 Å². The molecule has 2 N–H and O–H groups in total. The molecule has 0 amide bonds. The summed E-state index contributed by atoms with van der Waals surface area (Å²) in [5, 5.41) is 0. The number of ether oxygens (including phenoxy) is 2. The Morgan fingerprint density at radius 1 is 1.05 bits per heavy atom. The Bertz CT molecular complexity index is 1310. The van der Waals surface area contributed by atoms with Gasteiger partial charge in [-0.1, -0.05) is 24.3 Å². The second kappa shape index (κ2) is 11.2. The lowest BCUT2D eigenvalue weighted by atomic mass is 9.87. The van der Waals surface area contributed by atoms with Gasteiger partial charge in [-0.15, -0.1) is 0 Å².